The van der Waals surface area contributed by atoms with Crippen molar-refractivity contribution in [3.63, 3.8) is 0 Å². The van der Waals surface area contributed by atoms with Gasteiger partial charge in [0.05, 0.1) is 6.61 Å². The summed E-state index contributed by atoms with van der Waals surface area (Å²) in [6.07, 6.45) is 2.96. The standard InChI is InChI=1S/C9H17O3/c1-4-6-7-11-9(10)12-8(3)5-2/h5,8H,4,6-7H2,1-3H3/t8-/m1/s1. The van der Waals surface area contributed by atoms with E-state index in [4.69, 9.17) is 9.47 Å². The van der Waals surface area contributed by atoms with Gasteiger partial charge in [0.15, 0.2) is 0 Å². The summed E-state index contributed by atoms with van der Waals surface area (Å²) in [6.45, 7) is 6.12. The third kappa shape index (κ3) is 6.01. The summed E-state index contributed by atoms with van der Waals surface area (Å²) in [5.74, 6) is 0. The minimum atomic E-state index is -0.575. The number of carbonyl (C=O) groups excluding carboxylic acids is 1. The molecule has 0 aromatic carbocycles. The van der Waals surface area contributed by atoms with E-state index in [0.29, 0.717) is 6.61 Å². The van der Waals surface area contributed by atoms with Crippen LogP contribution in [-0.4, -0.2) is 18.9 Å². The highest BCUT2D eigenvalue weighted by Gasteiger charge is 2.07. The average Bonchev–Trinajstić information content (AvgIpc) is 2.05. The highest BCUT2D eigenvalue weighted by Crippen LogP contribution is 1.98. The smallest absolute Gasteiger partial charge is 0.434 e. The van der Waals surface area contributed by atoms with E-state index in [9.17, 15) is 4.79 Å². The molecule has 0 fully saturated rings. The minimum absolute atomic E-state index is 0.167. The predicted molar refractivity (Wildman–Crippen MR) is 46.8 cm³/mol. The van der Waals surface area contributed by atoms with Crippen LogP contribution in [0.5, 0.6) is 0 Å². The Kier molecular flexibility index (Phi) is 6.53. The number of ether oxygens (including phenoxy) is 2. The second kappa shape index (κ2) is 6.95. The summed E-state index contributed by atoms with van der Waals surface area (Å²) in [7, 11) is 0. The molecule has 0 bridgehead atoms. The number of rotatable bonds is 5. The monoisotopic (exact) mass is 173 g/mol. The van der Waals surface area contributed by atoms with Crippen molar-refractivity contribution < 1.29 is 14.3 Å². The molecule has 3 heteroatoms. The van der Waals surface area contributed by atoms with Gasteiger partial charge in [-0.3, -0.25) is 0 Å². The van der Waals surface area contributed by atoms with Crippen molar-refractivity contribution in [2.45, 2.75) is 39.7 Å². The average molecular weight is 173 g/mol. The molecular weight excluding hydrogens is 156 g/mol. The molecule has 0 aliphatic carbocycles. The summed E-state index contributed by atoms with van der Waals surface area (Å²) in [5, 5.41) is 0. The lowest BCUT2D eigenvalue weighted by Crippen LogP contribution is -2.15. The molecule has 0 aromatic rings. The van der Waals surface area contributed by atoms with Gasteiger partial charge in [-0.2, -0.15) is 0 Å². The van der Waals surface area contributed by atoms with Crippen LogP contribution in [0.4, 0.5) is 4.79 Å². The first-order chi connectivity index (χ1) is 5.70. The summed E-state index contributed by atoms with van der Waals surface area (Å²) in [6, 6.07) is 0. The molecule has 0 amide bonds. The molecule has 1 radical (unpaired) electrons. The summed E-state index contributed by atoms with van der Waals surface area (Å²) >= 11 is 0. The topological polar surface area (TPSA) is 35.5 Å². The number of unbranched alkanes of at least 4 members (excludes halogenated alkanes) is 1. The van der Waals surface area contributed by atoms with Gasteiger partial charge in [0, 0.05) is 0 Å². The summed E-state index contributed by atoms with van der Waals surface area (Å²) < 4.78 is 9.60. The third-order valence-corrected chi connectivity index (χ3v) is 1.47. The van der Waals surface area contributed by atoms with E-state index in [2.05, 4.69) is 0 Å². The van der Waals surface area contributed by atoms with Crippen LogP contribution in [0.25, 0.3) is 0 Å². The Hall–Kier alpha value is -0.730. The Bertz CT molecular complexity index is 123. The van der Waals surface area contributed by atoms with Gasteiger partial charge in [-0.15, -0.1) is 0 Å². The van der Waals surface area contributed by atoms with Crippen LogP contribution in [-0.2, 0) is 9.47 Å². The maximum absolute atomic E-state index is 10.8. The highest BCUT2D eigenvalue weighted by atomic mass is 16.7. The van der Waals surface area contributed by atoms with E-state index in [1.54, 1.807) is 13.3 Å². The Morgan fingerprint density at radius 1 is 1.58 bits per heavy atom. The molecule has 0 aliphatic heterocycles. The zero-order valence-electron chi connectivity index (χ0n) is 8.00. The fourth-order valence-electron chi connectivity index (χ4n) is 0.554. The summed E-state index contributed by atoms with van der Waals surface area (Å²) in [4.78, 5) is 10.8. The Morgan fingerprint density at radius 2 is 2.25 bits per heavy atom. The molecule has 0 spiro atoms. The number of hydrogen-bond donors (Lipinski definition) is 0. The molecular formula is C9H17O3. The molecule has 0 saturated heterocycles. The van der Waals surface area contributed by atoms with Gasteiger partial charge < -0.3 is 9.47 Å². The fourth-order valence-corrected chi connectivity index (χ4v) is 0.554. The predicted octanol–water partition coefficient (Wildman–Crippen LogP) is 2.55. The lowest BCUT2D eigenvalue weighted by atomic mass is 10.3. The van der Waals surface area contributed by atoms with Crippen LogP contribution in [0.15, 0.2) is 0 Å². The molecule has 0 aromatic heterocycles. The fraction of sp³-hybridized carbons (Fsp3) is 0.778. The maximum atomic E-state index is 10.8. The zero-order valence-corrected chi connectivity index (χ0v) is 8.00. The minimum Gasteiger partial charge on any atom is -0.434 e. The molecule has 0 heterocycles. The summed E-state index contributed by atoms with van der Waals surface area (Å²) in [5.41, 5.74) is 0. The van der Waals surface area contributed by atoms with E-state index in [0.717, 1.165) is 12.8 Å². The van der Waals surface area contributed by atoms with Crippen molar-refractivity contribution >= 4 is 6.16 Å². The first kappa shape index (κ1) is 11.3. The molecule has 0 N–H and O–H groups in total. The van der Waals surface area contributed by atoms with Crippen LogP contribution >= 0.6 is 0 Å². The van der Waals surface area contributed by atoms with Crippen molar-refractivity contribution in [2.24, 2.45) is 0 Å². The molecule has 0 unspecified atom stereocenters. The van der Waals surface area contributed by atoms with Crippen molar-refractivity contribution in [1.29, 1.82) is 0 Å². The van der Waals surface area contributed by atoms with E-state index in [1.165, 1.54) is 0 Å². The second-order valence-corrected chi connectivity index (χ2v) is 2.61. The molecule has 0 aliphatic rings. The Morgan fingerprint density at radius 3 is 2.75 bits per heavy atom. The van der Waals surface area contributed by atoms with Gasteiger partial charge in [0.1, 0.15) is 6.10 Å². The maximum Gasteiger partial charge on any atom is 0.508 e. The van der Waals surface area contributed by atoms with Gasteiger partial charge in [0.25, 0.3) is 0 Å². The normalized spacial score (nSPS) is 12.2. The van der Waals surface area contributed by atoms with Crippen LogP contribution in [0.1, 0.15) is 33.6 Å². The molecule has 12 heavy (non-hydrogen) atoms. The number of hydrogen-bond acceptors (Lipinski definition) is 3. The van der Waals surface area contributed by atoms with Gasteiger partial charge in [-0.1, -0.05) is 20.3 Å². The van der Waals surface area contributed by atoms with E-state index in [1.807, 2.05) is 13.8 Å². The molecule has 0 rings (SSSR count). The first-order valence-corrected chi connectivity index (χ1v) is 4.33. The lowest BCUT2D eigenvalue weighted by molar-refractivity contribution is 0.0374. The zero-order chi connectivity index (χ0) is 9.40. The van der Waals surface area contributed by atoms with E-state index in [-0.39, 0.29) is 6.10 Å². The highest BCUT2D eigenvalue weighted by molar-refractivity contribution is 5.60. The van der Waals surface area contributed by atoms with Gasteiger partial charge >= 0.3 is 6.16 Å². The van der Waals surface area contributed by atoms with Crippen molar-refractivity contribution in [2.75, 3.05) is 6.61 Å². The van der Waals surface area contributed by atoms with Crippen LogP contribution in [0.3, 0.4) is 0 Å². The van der Waals surface area contributed by atoms with Crippen molar-refractivity contribution in [1.82, 2.24) is 0 Å². The molecule has 71 valence electrons. The SMILES string of the molecule is C[CH][C@@H](C)OC(=O)OCCCC. The number of carbonyl (C=O) groups is 1. The Balaban J connectivity index is 3.33. The lowest BCUT2D eigenvalue weighted by Gasteiger charge is -2.09. The quantitative estimate of drug-likeness (QED) is 0.473. The van der Waals surface area contributed by atoms with Crippen LogP contribution in [0, 0.1) is 6.42 Å². The van der Waals surface area contributed by atoms with E-state index >= 15 is 0 Å². The van der Waals surface area contributed by atoms with E-state index < -0.39 is 6.16 Å². The molecule has 3 nitrogen and oxygen atoms in total. The first-order valence-electron chi connectivity index (χ1n) is 4.33. The van der Waals surface area contributed by atoms with Gasteiger partial charge in [-0.25, -0.2) is 4.79 Å². The molecule has 1 atom stereocenters. The largest absolute Gasteiger partial charge is 0.508 e. The third-order valence-electron chi connectivity index (χ3n) is 1.47. The Labute approximate surface area is 74.0 Å². The van der Waals surface area contributed by atoms with Crippen molar-refractivity contribution in [3.8, 4) is 0 Å². The molecule has 0 saturated carbocycles. The van der Waals surface area contributed by atoms with Gasteiger partial charge in [0.2, 0.25) is 0 Å². The van der Waals surface area contributed by atoms with Crippen LogP contribution in [0.2, 0.25) is 0 Å². The van der Waals surface area contributed by atoms with Crippen LogP contribution < -0.4 is 0 Å². The van der Waals surface area contributed by atoms with Gasteiger partial charge in [-0.05, 0) is 19.8 Å². The van der Waals surface area contributed by atoms with Crippen molar-refractivity contribution in [3.05, 3.63) is 6.42 Å². The second-order valence-electron chi connectivity index (χ2n) is 2.61.